The SMILES string of the molecule is CN(C#N)C(=N)N1CCCCC1. The number of piperidine rings is 1. The first kappa shape index (κ1) is 8.85. The van der Waals surface area contributed by atoms with E-state index in [-0.39, 0.29) is 0 Å². The zero-order valence-corrected chi connectivity index (χ0v) is 7.38. The first-order valence-electron chi connectivity index (χ1n) is 4.22. The number of nitriles is 1. The normalized spacial score (nSPS) is 16.8. The fourth-order valence-electron chi connectivity index (χ4n) is 1.37. The molecular formula is C8H14N4. The van der Waals surface area contributed by atoms with Crippen LogP contribution in [-0.2, 0) is 0 Å². The summed E-state index contributed by atoms with van der Waals surface area (Å²) in [5, 5.41) is 16.2. The summed E-state index contributed by atoms with van der Waals surface area (Å²) in [5.74, 6) is 0.331. The van der Waals surface area contributed by atoms with Crippen molar-refractivity contribution in [2.75, 3.05) is 20.1 Å². The van der Waals surface area contributed by atoms with Gasteiger partial charge in [0, 0.05) is 20.1 Å². The minimum Gasteiger partial charge on any atom is -0.342 e. The highest BCUT2D eigenvalue weighted by Gasteiger charge is 2.15. The lowest BCUT2D eigenvalue weighted by atomic mass is 10.1. The molecular weight excluding hydrogens is 152 g/mol. The Morgan fingerprint density at radius 1 is 1.42 bits per heavy atom. The lowest BCUT2D eigenvalue weighted by molar-refractivity contribution is 0.314. The molecule has 0 aromatic rings. The highest BCUT2D eigenvalue weighted by molar-refractivity contribution is 5.78. The highest BCUT2D eigenvalue weighted by Crippen LogP contribution is 2.09. The Hall–Kier alpha value is -1.24. The van der Waals surface area contributed by atoms with Crippen LogP contribution in [-0.4, -0.2) is 35.9 Å². The maximum absolute atomic E-state index is 8.54. The van der Waals surface area contributed by atoms with Gasteiger partial charge in [-0.3, -0.25) is 10.3 Å². The van der Waals surface area contributed by atoms with Crippen LogP contribution >= 0.6 is 0 Å². The molecule has 1 saturated heterocycles. The van der Waals surface area contributed by atoms with Gasteiger partial charge in [0.25, 0.3) is 0 Å². The molecule has 0 bridgehead atoms. The first-order valence-corrected chi connectivity index (χ1v) is 4.22. The topological polar surface area (TPSA) is 54.1 Å². The molecule has 0 aliphatic carbocycles. The maximum atomic E-state index is 8.54. The third-order valence-electron chi connectivity index (χ3n) is 2.12. The molecule has 12 heavy (non-hydrogen) atoms. The summed E-state index contributed by atoms with van der Waals surface area (Å²) >= 11 is 0. The Bertz CT molecular complexity index is 200. The average molecular weight is 166 g/mol. The molecule has 0 radical (unpaired) electrons. The first-order chi connectivity index (χ1) is 5.75. The highest BCUT2D eigenvalue weighted by atomic mass is 15.3. The zero-order chi connectivity index (χ0) is 8.97. The largest absolute Gasteiger partial charge is 0.342 e. The van der Waals surface area contributed by atoms with E-state index in [1.807, 2.05) is 11.1 Å². The van der Waals surface area contributed by atoms with Crippen molar-refractivity contribution < 1.29 is 0 Å². The number of hydrogen-bond acceptors (Lipinski definition) is 2. The van der Waals surface area contributed by atoms with Gasteiger partial charge in [-0.2, -0.15) is 5.26 Å². The van der Waals surface area contributed by atoms with Gasteiger partial charge in [-0.05, 0) is 19.3 Å². The number of nitrogens with one attached hydrogen (secondary N) is 1. The van der Waals surface area contributed by atoms with E-state index in [2.05, 4.69) is 0 Å². The van der Waals surface area contributed by atoms with E-state index in [9.17, 15) is 0 Å². The van der Waals surface area contributed by atoms with Crippen molar-refractivity contribution in [2.45, 2.75) is 19.3 Å². The third kappa shape index (κ3) is 1.88. The van der Waals surface area contributed by atoms with Gasteiger partial charge < -0.3 is 4.90 Å². The number of hydrogen-bond donors (Lipinski definition) is 1. The van der Waals surface area contributed by atoms with Crippen LogP contribution in [0, 0.1) is 16.9 Å². The summed E-state index contributed by atoms with van der Waals surface area (Å²) < 4.78 is 0. The molecule has 1 rings (SSSR count). The number of rotatable bonds is 0. The van der Waals surface area contributed by atoms with Crippen LogP contribution in [0.1, 0.15) is 19.3 Å². The van der Waals surface area contributed by atoms with Crippen LogP contribution < -0.4 is 0 Å². The van der Waals surface area contributed by atoms with Gasteiger partial charge in [-0.15, -0.1) is 0 Å². The van der Waals surface area contributed by atoms with Crippen LogP contribution in [0.2, 0.25) is 0 Å². The molecule has 1 heterocycles. The number of nitrogens with zero attached hydrogens (tertiary/aromatic N) is 3. The smallest absolute Gasteiger partial charge is 0.206 e. The molecule has 0 aromatic heterocycles. The minimum absolute atomic E-state index is 0.331. The van der Waals surface area contributed by atoms with Crippen molar-refractivity contribution in [1.82, 2.24) is 9.80 Å². The second-order valence-corrected chi connectivity index (χ2v) is 3.03. The predicted molar refractivity (Wildman–Crippen MR) is 46.5 cm³/mol. The summed E-state index contributed by atoms with van der Waals surface area (Å²) in [6.45, 7) is 1.84. The molecule has 1 aliphatic heterocycles. The van der Waals surface area contributed by atoms with E-state index < -0.39 is 0 Å². The van der Waals surface area contributed by atoms with E-state index in [0.29, 0.717) is 5.96 Å². The van der Waals surface area contributed by atoms with Crippen LogP contribution in [0.4, 0.5) is 0 Å². The predicted octanol–water partition coefficient (Wildman–Crippen LogP) is 0.820. The third-order valence-corrected chi connectivity index (χ3v) is 2.12. The Kier molecular flexibility index (Phi) is 2.92. The van der Waals surface area contributed by atoms with Crippen molar-refractivity contribution in [1.29, 1.82) is 10.7 Å². The molecule has 0 amide bonds. The molecule has 0 unspecified atom stereocenters. The molecule has 66 valence electrons. The van der Waals surface area contributed by atoms with Gasteiger partial charge >= 0.3 is 0 Å². The second-order valence-electron chi connectivity index (χ2n) is 3.03. The van der Waals surface area contributed by atoms with E-state index in [1.54, 1.807) is 7.05 Å². The van der Waals surface area contributed by atoms with Crippen molar-refractivity contribution in [3.8, 4) is 6.19 Å². The van der Waals surface area contributed by atoms with Gasteiger partial charge in [0.15, 0.2) is 6.19 Å². The van der Waals surface area contributed by atoms with Crippen LogP contribution in [0.3, 0.4) is 0 Å². The fourth-order valence-corrected chi connectivity index (χ4v) is 1.37. The van der Waals surface area contributed by atoms with Gasteiger partial charge in [0.05, 0.1) is 0 Å². The van der Waals surface area contributed by atoms with Crippen molar-refractivity contribution in [3.63, 3.8) is 0 Å². The van der Waals surface area contributed by atoms with Crippen LogP contribution in [0.15, 0.2) is 0 Å². The number of guanidine groups is 1. The molecule has 4 nitrogen and oxygen atoms in total. The lowest BCUT2D eigenvalue weighted by Gasteiger charge is -2.30. The summed E-state index contributed by atoms with van der Waals surface area (Å²) in [6, 6.07) is 0. The summed E-state index contributed by atoms with van der Waals surface area (Å²) in [4.78, 5) is 3.25. The minimum atomic E-state index is 0.331. The van der Waals surface area contributed by atoms with Gasteiger partial charge in [-0.25, -0.2) is 0 Å². The number of likely N-dealkylation sites (tertiary alicyclic amines) is 1. The molecule has 4 heteroatoms. The molecule has 0 spiro atoms. The van der Waals surface area contributed by atoms with Crippen molar-refractivity contribution in [3.05, 3.63) is 0 Å². The second kappa shape index (κ2) is 3.96. The summed E-state index contributed by atoms with van der Waals surface area (Å²) in [7, 11) is 1.62. The lowest BCUT2D eigenvalue weighted by Crippen LogP contribution is -2.42. The van der Waals surface area contributed by atoms with E-state index >= 15 is 0 Å². The van der Waals surface area contributed by atoms with Crippen LogP contribution in [0.25, 0.3) is 0 Å². The van der Waals surface area contributed by atoms with Gasteiger partial charge in [-0.1, -0.05) is 0 Å². The quantitative estimate of drug-likeness (QED) is 0.251. The maximum Gasteiger partial charge on any atom is 0.206 e. The Balaban J connectivity index is 2.46. The van der Waals surface area contributed by atoms with Crippen molar-refractivity contribution >= 4 is 5.96 Å². The molecule has 0 atom stereocenters. The van der Waals surface area contributed by atoms with Crippen LogP contribution in [0.5, 0.6) is 0 Å². The van der Waals surface area contributed by atoms with Crippen molar-refractivity contribution in [2.24, 2.45) is 0 Å². The molecule has 0 saturated carbocycles. The fraction of sp³-hybridized carbons (Fsp3) is 0.750. The van der Waals surface area contributed by atoms with Gasteiger partial charge in [0.1, 0.15) is 0 Å². The van der Waals surface area contributed by atoms with E-state index in [1.165, 1.54) is 11.3 Å². The average Bonchev–Trinajstić information content (AvgIpc) is 2.17. The Labute approximate surface area is 72.9 Å². The Morgan fingerprint density at radius 3 is 2.50 bits per heavy atom. The molecule has 1 aliphatic rings. The molecule has 1 fully saturated rings. The van der Waals surface area contributed by atoms with E-state index in [0.717, 1.165) is 25.9 Å². The standard InChI is InChI=1S/C8H14N4/c1-11(7-9)8(10)12-5-3-2-4-6-12/h10H,2-6H2,1H3. The zero-order valence-electron chi connectivity index (χ0n) is 7.38. The Morgan fingerprint density at radius 2 is 2.00 bits per heavy atom. The molecule has 0 aromatic carbocycles. The van der Waals surface area contributed by atoms with Gasteiger partial charge in [0.2, 0.25) is 5.96 Å². The summed E-state index contributed by atoms with van der Waals surface area (Å²) in [6.07, 6.45) is 5.46. The molecule has 1 N–H and O–H groups in total. The monoisotopic (exact) mass is 166 g/mol. The summed E-state index contributed by atoms with van der Waals surface area (Å²) in [5.41, 5.74) is 0. The van der Waals surface area contributed by atoms with E-state index in [4.69, 9.17) is 10.7 Å².